The summed E-state index contributed by atoms with van der Waals surface area (Å²) < 4.78 is 5.18. The van der Waals surface area contributed by atoms with Crippen molar-refractivity contribution in [2.75, 3.05) is 26.7 Å². The molecule has 5 nitrogen and oxygen atoms in total. The van der Waals surface area contributed by atoms with E-state index in [9.17, 15) is 4.79 Å². The largest absolute Gasteiger partial charge is 0.497 e. The molecule has 0 aliphatic carbocycles. The summed E-state index contributed by atoms with van der Waals surface area (Å²) in [6.45, 7) is 3.10. The zero-order valence-corrected chi connectivity index (χ0v) is 18.7. The summed E-state index contributed by atoms with van der Waals surface area (Å²) in [6.07, 6.45) is 1.83. The topological polar surface area (TPSA) is 53.6 Å². The molecule has 0 spiro atoms. The number of ether oxygens (including phenoxy) is 1. The van der Waals surface area contributed by atoms with Crippen molar-refractivity contribution in [2.24, 2.45) is 0 Å². The average Bonchev–Trinajstić information content (AvgIpc) is 3.34. The van der Waals surface area contributed by atoms with Crippen molar-refractivity contribution in [2.45, 2.75) is 25.4 Å². The smallest absolute Gasteiger partial charge is 0.314 e. The maximum Gasteiger partial charge on any atom is 0.314 e. The first-order valence-corrected chi connectivity index (χ1v) is 11.6. The molecule has 31 heavy (non-hydrogen) atoms. The van der Waals surface area contributed by atoms with Gasteiger partial charge >= 0.3 is 6.03 Å². The summed E-state index contributed by atoms with van der Waals surface area (Å²) >= 11 is 1.70. The van der Waals surface area contributed by atoms with Crippen LogP contribution in [0.3, 0.4) is 0 Å². The van der Waals surface area contributed by atoms with Crippen LogP contribution < -0.4 is 15.4 Å². The lowest BCUT2D eigenvalue weighted by atomic mass is 9.97. The number of methoxy groups -OCH3 is 1. The molecule has 1 unspecified atom stereocenters. The molecule has 4 rings (SSSR count). The summed E-state index contributed by atoms with van der Waals surface area (Å²) in [6, 6.07) is 18.8. The number of urea groups is 1. The van der Waals surface area contributed by atoms with Crippen molar-refractivity contribution < 1.29 is 9.53 Å². The number of benzene rings is 2. The molecule has 0 fully saturated rings. The van der Waals surface area contributed by atoms with E-state index in [-0.39, 0.29) is 12.1 Å². The Labute approximate surface area is 188 Å². The van der Waals surface area contributed by atoms with E-state index in [1.165, 1.54) is 22.3 Å². The first kappa shape index (κ1) is 21.4. The van der Waals surface area contributed by atoms with Gasteiger partial charge in [0.2, 0.25) is 0 Å². The third-order valence-electron chi connectivity index (χ3n) is 5.84. The molecule has 0 saturated carbocycles. The Bertz CT molecular complexity index is 973. The van der Waals surface area contributed by atoms with Crippen LogP contribution in [0, 0.1) is 0 Å². The van der Waals surface area contributed by atoms with Gasteiger partial charge in [-0.05, 0) is 64.1 Å². The molecular weight excluding hydrogens is 406 g/mol. The van der Waals surface area contributed by atoms with E-state index in [1.807, 2.05) is 24.3 Å². The molecule has 2 N–H and O–H groups in total. The molecule has 1 aliphatic rings. The first-order valence-electron chi connectivity index (χ1n) is 10.7. The minimum atomic E-state index is -0.119. The summed E-state index contributed by atoms with van der Waals surface area (Å²) in [7, 11) is 1.66. The van der Waals surface area contributed by atoms with Gasteiger partial charge in [-0.15, -0.1) is 0 Å². The number of amides is 2. The molecule has 162 valence electrons. The lowest BCUT2D eigenvalue weighted by Gasteiger charge is -2.35. The highest BCUT2D eigenvalue weighted by molar-refractivity contribution is 7.07. The predicted octanol–water partition coefficient (Wildman–Crippen LogP) is 4.40. The second kappa shape index (κ2) is 10.5. The van der Waals surface area contributed by atoms with Gasteiger partial charge < -0.3 is 15.4 Å². The van der Waals surface area contributed by atoms with Crippen LogP contribution >= 0.6 is 11.3 Å². The van der Waals surface area contributed by atoms with E-state index in [0.717, 1.165) is 31.7 Å². The number of hydrogen-bond acceptors (Lipinski definition) is 4. The Balaban J connectivity index is 1.30. The standard InChI is InChI=1S/C25H29N3O2S/c1-30-23-8-6-19(7-9-23)10-13-26-25(29)27-16-24(22-12-15-31-18-22)28-14-11-20-4-2-3-5-21(20)17-28/h2-9,12,15,18,24H,10-11,13-14,16-17H2,1H3,(H2,26,27,29). The van der Waals surface area contributed by atoms with Gasteiger partial charge in [-0.3, -0.25) is 4.90 Å². The van der Waals surface area contributed by atoms with Crippen LogP contribution in [0.4, 0.5) is 4.79 Å². The molecule has 2 heterocycles. The monoisotopic (exact) mass is 435 g/mol. The summed E-state index contributed by atoms with van der Waals surface area (Å²) in [5.41, 5.74) is 5.26. The minimum absolute atomic E-state index is 0.119. The van der Waals surface area contributed by atoms with Crippen molar-refractivity contribution in [3.05, 3.63) is 87.6 Å². The number of fused-ring (bicyclic) bond motifs is 1. The zero-order chi connectivity index (χ0) is 21.5. The second-order valence-electron chi connectivity index (χ2n) is 7.80. The van der Waals surface area contributed by atoms with E-state index < -0.39 is 0 Å². The fraction of sp³-hybridized carbons (Fsp3) is 0.320. The van der Waals surface area contributed by atoms with E-state index in [2.05, 4.69) is 56.6 Å². The van der Waals surface area contributed by atoms with Crippen LogP contribution in [0.25, 0.3) is 0 Å². The van der Waals surface area contributed by atoms with Crippen LogP contribution in [-0.2, 0) is 19.4 Å². The SMILES string of the molecule is COc1ccc(CCNC(=O)NCC(c2ccsc2)N2CCc3ccccc3C2)cc1. The van der Waals surface area contributed by atoms with E-state index in [4.69, 9.17) is 4.74 Å². The molecule has 0 bridgehead atoms. The Kier molecular flexibility index (Phi) is 7.22. The summed E-state index contributed by atoms with van der Waals surface area (Å²) in [4.78, 5) is 14.9. The summed E-state index contributed by atoms with van der Waals surface area (Å²) in [5.74, 6) is 0.842. The van der Waals surface area contributed by atoms with Crippen molar-refractivity contribution in [3.8, 4) is 5.75 Å². The number of carbonyl (C=O) groups excluding carboxylic acids is 1. The maximum absolute atomic E-state index is 12.4. The van der Waals surface area contributed by atoms with Gasteiger partial charge in [0.25, 0.3) is 0 Å². The molecule has 0 radical (unpaired) electrons. The Morgan fingerprint density at radius 2 is 1.90 bits per heavy atom. The van der Waals surface area contributed by atoms with Gasteiger partial charge in [-0.25, -0.2) is 4.79 Å². The number of carbonyl (C=O) groups is 1. The molecule has 1 atom stereocenters. The van der Waals surface area contributed by atoms with E-state index >= 15 is 0 Å². The highest BCUT2D eigenvalue weighted by atomic mass is 32.1. The molecule has 0 saturated heterocycles. The quantitative estimate of drug-likeness (QED) is 0.552. The lowest BCUT2D eigenvalue weighted by molar-refractivity contribution is 0.174. The Hall–Kier alpha value is -2.83. The third kappa shape index (κ3) is 5.66. The van der Waals surface area contributed by atoms with Gasteiger partial charge in [0.1, 0.15) is 5.75 Å². The minimum Gasteiger partial charge on any atom is -0.497 e. The van der Waals surface area contributed by atoms with E-state index in [0.29, 0.717) is 13.1 Å². The fourth-order valence-corrected chi connectivity index (χ4v) is 4.78. The number of nitrogens with one attached hydrogen (secondary N) is 2. The summed E-state index contributed by atoms with van der Waals surface area (Å²) in [5, 5.41) is 10.4. The highest BCUT2D eigenvalue weighted by Crippen LogP contribution is 2.28. The number of nitrogens with zero attached hydrogens (tertiary/aromatic N) is 1. The van der Waals surface area contributed by atoms with Crippen molar-refractivity contribution >= 4 is 17.4 Å². The van der Waals surface area contributed by atoms with Gasteiger partial charge in [-0.2, -0.15) is 11.3 Å². The third-order valence-corrected chi connectivity index (χ3v) is 6.54. The lowest BCUT2D eigenvalue weighted by Crippen LogP contribution is -2.43. The van der Waals surface area contributed by atoms with Gasteiger partial charge in [-0.1, -0.05) is 36.4 Å². The Morgan fingerprint density at radius 3 is 2.65 bits per heavy atom. The molecule has 6 heteroatoms. The van der Waals surface area contributed by atoms with Crippen LogP contribution in [0.1, 0.15) is 28.3 Å². The van der Waals surface area contributed by atoms with Gasteiger partial charge in [0.05, 0.1) is 13.2 Å². The molecular formula is C25H29N3O2S. The van der Waals surface area contributed by atoms with Crippen molar-refractivity contribution in [3.63, 3.8) is 0 Å². The van der Waals surface area contributed by atoms with Crippen LogP contribution in [-0.4, -0.2) is 37.7 Å². The molecule has 3 aromatic rings. The number of hydrogen-bond donors (Lipinski definition) is 2. The normalized spacial score (nSPS) is 14.5. The average molecular weight is 436 g/mol. The first-order chi connectivity index (χ1) is 15.2. The molecule has 2 amide bonds. The second-order valence-corrected chi connectivity index (χ2v) is 8.58. The van der Waals surface area contributed by atoms with Crippen molar-refractivity contribution in [1.29, 1.82) is 0 Å². The Morgan fingerprint density at radius 1 is 1.10 bits per heavy atom. The van der Waals surface area contributed by atoms with Crippen LogP contribution in [0.5, 0.6) is 5.75 Å². The predicted molar refractivity (Wildman–Crippen MR) is 126 cm³/mol. The molecule has 1 aromatic heterocycles. The molecule has 2 aromatic carbocycles. The van der Waals surface area contributed by atoms with Gasteiger partial charge in [0, 0.05) is 26.2 Å². The van der Waals surface area contributed by atoms with Gasteiger partial charge in [0.15, 0.2) is 0 Å². The van der Waals surface area contributed by atoms with E-state index in [1.54, 1.807) is 18.4 Å². The fourth-order valence-electron chi connectivity index (χ4n) is 4.07. The van der Waals surface area contributed by atoms with Crippen LogP contribution in [0.2, 0.25) is 0 Å². The number of thiophene rings is 1. The highest BCUT2D eigenvalue weighted by Gasteiger charge is 2.25. The van der Waals surface area contributed by atoms with Crippen LogP contribution in [0.15, 0.2) is 65.4 Å². The maximum atomic E-state index is 12.4. The molecule has 1 aliphatic heterocycles. The number of rotatable bonds is 8. The zero-order valence-electron chi connectivity index (χ0n) is 17.8. The van der Waals surface area contributed by atoms with Crippen molar-refractivity contribution in [1.82, 2.24) is 15.5 Å².